The number of nitrogens with one attached hydrogen (secondary N) is 1. The molecule has 0 aliphatic carbocycles. The van der Waals surface area contributed by atoms with Gasteiger partial charge in [-0.15, -0.1) is 0 Å². The van der Waals surface area contributed by atoms with Crippen molar-refractivity contribution in [1.29, 1.82) is 0 Å². The van der Waals surface area contributed by atoms with E-state index in [1.165, 1.54) is 6.07 Å². The Balaban J connectivity index is 2.65. The van der Waals surface area contributed by atoms with Crippen molar-refractivity contribution in [3.63, 3.8) is 0 Å². The van der Waals surface area contributed by atoms with Gasteiger partial charge in [-0.25, -0.2) is 0 Å². The van der Waals surface area contributed by atoms with E-state index < -0.39 is 0 Å². The molecule has 0 aromatic heterocycles. The van der Waals surface area contributed by atoms with E-state index in [0.717, 1.165) is 6.42 Å². The standard InChI is InChI=1S/C11H15NO2/c1-3-8(2)11(14)12-9-5-4-6-10(13)7-9/h4-8,13H,3H2,1-2H3,(H,12,14)/t8-/m1/s1. The average Bonchev–Trinajstić information content (AvgIpc) is 2.16. The number of amides is 1. The Kier molecular flexibility index (Phi) is 3.51. The van der Waals surface area contributed by atoms with Crippen LogP contribution in [0, 0.1) is 5.92 Å². The number of aromatic hydroxyl groups is 1. The van der Waals surface area contributed by atoms with Crippen LogP contribution in [0.5, 0.6) is 5.75 Å². The Morgan fingerprint density at radius 3 is 2.86 bits per heavy atom. The average molecular weight is 193 g/mol. The molecule has 1 aromatic carbocycles. The highest BCUT2D eigenvalue weighted by Gasteiger charge is 2.10. The summed E-state index contributed by atoms with van der Waals surface area (Å²) in [6.45, 7) is 3.84. The van der Waals surface area contributed by atoms with Gasteiger partial charge in [-0.3, -0.25) is 4.79 Å². The van der Waals surface area contributed by atoms with Crippen LogP contribution in [0.4, 0.5) is 5.69 Å². The van der Waals surface area contributed by atoms with Gasteiger partial charge in [-0.2, -0.15) is 0 Å². The van der Waals surface area contributed by atoms with E-state index in [-0.39, 0.29) is 17.6 Å². The van der Waals surface area contributed by atoms with Gasteiger partial charge in [0.05, 0.1) is 0 Å². The molecule has 0 aliphatic rings. The van der Waals surface area contributed by atoms with Gasteiger partial charge in [0.15, 0.2) is 0 Å². The monoisotopic (exact) mass is 193 g/mol. The second-order valence-corrected chi connectivity index (χ2v) is 3.35. The number of phenolic OH excluding ortho intramolecular Hbond substituents is 1. The van der Waals surface area contributed by atoms with E-state index in [0.29, 0.717) is 5.69 Å². The number of carbonyl (C=O) groups excluding carboxylic acids is 1. The quantitative estimate of drug-likeness (QED) is 0.774. The molecule has 76 valence electrons. The Morgan fingerprint density at radius 1 is 1.57 bits per heavy atom. The lowest BCUT2D eigenvalue weighted by atomic mass is 10.1. The summed E-state index contributed by atoms with van der Waals surface area (Å²) in [5.74, 6) is 0.141. The van der Waals surface area contributed by atoms with Crippen molar-refractivity contribution in [2.75, 3.05) is 5.32 Å². The number of hydrogen-bond donors (Lipinski definition) is 2. The van der Waals surface area contributed by atoms with Gasteiger partial charge < -0.3 is 10.4 Å². The van der Waals surface area contributed by atoms with E-state index in [9.17, 15) is 9.90 Å². The zero-order valence-electron chi connectivity index (χ0n) is 8.45. The predicted octanol–water partition coefficient (Wildman–Crippen LogP) is 2.38. The predicted molar refractivity (Wildman–Crippen MR) is 56.2 cm³/mol. The summed E-state index contributed by atoms with van der Waals surface area (Å²) in [6, 6.07) is 6.54. The summed E-state index contributed by atoms with van der Waals surface area (Å²) in [7, 11) is 0. The summed E-state index contributed by atoms with van der Waals surface area (Å²) in [5.41, 5.74) is 0.635. The lowest BCUT2D eigenvalue weighted by molar-refractivity contribution is -0.119. The SMILES string of the molecule is CC[C@@H](C)C(=O)Nc1cccc(O)c1. The molecule has 3 heteroatoms. The van der Waals surface area contributed by atoms with Crippen LogP contribution in [0.2, 0.25) is 0 Å². The fraction of sp³-hybridized carbons (Fsp3) is 0.364. The first-order valence-electron chi connectivity index (χ1n) is 4.73. The van der Waals surface area contributed by atoms with E-state index in [1.54, 1.807) is 18.2 Å². The smallest absolute Gasteiger partial charge is 0.227 e. The van der Waals surface area contributed by atoms with Gasteiger partial charge in [-0.1, -0.05) is 19.9 Å². The number of anilines is 1. The van der Waals surface area contributed by atoms with Crippen LogP contribution in [-0.2, 0) is 4.79 Å². The molecule has 14 heavy (non-hydrogen) atoms. The van der Waals surface area contributed by atoms with Crippen molar-refractivity contribution in [3.8, 4) is 5.75 Å². The maximum atomic E-state index is 11.5. The fourth-order valence-corrected chi connectivity index (χ4v) is 1.03. The summed E-state index contributed by atoms with van der Waals surface area (Å²) >= 11 is 0. The molecule has 0 unspecified atom stereocenters. The van der Waals surface area contributed by atoms with E-state index >= 15 is 0 Å². The Bertz CT molecular complexity index is 323. The number of benzene rings is 1. The van der Waals surface area contributed by atoms with Crippen LogP contribution in [0.3, 0.4) is 0 Å². The first-order valence-corrected chi connectivity index (χ1v) is 4.73. The topological polar surface area (TPSA) is 49.3 Å². The van der Waals surface area contributed by atoms with Gasteiger partial charge >= 0.3 is 0 Å². The van der Waals surface area contributed by atoms with Gasteiger partial charge in [-0.05, 0) is 18.6 Å². The number of phenols is 1. The molecule has 0 bridgehead atoms. The lowest BCUT2D eigenvalue weighted by Crippen LogP contribution is -2.19. The largest absolute Gasteiger partial charge is 0.508 e. The van der Waals surface area contributed by atoms with Crippen LogP contribution < -0.4 is 5.32 Å². The molecule has 0 spiro atoms. The Labute approximate surface area is 83.8 Å². The molecule has 0 heterocycles. The summed E-state index contributed by atoms with van der Waals surface area (Å²) in [5, 5.41) is 11.9. The second kappa shape index (κ2) is 4.65. The molecular weight excluding hydrogens is 178 g/mol. The first kappa shape index (κ1) is 10.6. The highest BCUT2D eigenvalue weighted by atomic mass is 16.3. The molecule has 0 aliphatic heterocycles. The first-order chi connectivity index (χ1) is 6.63. The summed E-state index contributed by atoms with van der Waals surface area (Å²) in [4.78, 5) is 11.5. The van der Waals surface area contributed by atoms with Gasteiger partial charge in [0.1, 0.15) is 5.75 Å². The Hall–Kier alpha value is -1.51. The molecule has 2 N–H and O–H groups in total. The maximum Gasteiger partial charge on any atom is 0.227 e. The van der Waals surface area contributed by atoms with E-state index in [1.807, 2.05) is 13.8 Å². The van der Waals surface area contributed by atoms with Crippen molar-refractivity contribution < 1.29 is 9.90 Å². The Morgan fingerprint density at radius 2 is 2.29 bits per heavy atom. The highest BCUT2D eigenvalue weighted by Crippen LogP contribution is 2.16. The molecular formula is C11H15NO2. The third-order valence-electron chi connectivity index (χ3n) is 2.17. The molecule has 1 atom stereocenters. The van der Waals surface area contributed by atoms with Crippen LogP contribution in [0.1, 0.15) is 20.3 Å². The van der Waals surface area contributed by atoms with Crippen molar-refractivity contribution in [3.05, 3.63) is 24.3 Å². The van der Waals surface area contributed by atoms with Crippen molar-refractivity contribution in [1.82, 2.24) is 0 Å². The third-order valence-corrected chi connectivity index (χ3v) is 2.17. The van der Waals surface area contributed by atoms with E-state index in [2.05, 4.69) is 5.32 Å². The lowest BCUT2D eigenvalue weighted by Gasteiger charge is -2.09. The zero-order chi connectivity index (χ0) is 10.6. The van der Waals surface area contributed by atoms with Gasteiger partial charge in [0, 0.05) is 17.7 Å². The molecule has 0 fully saturated rings. The minimum atomic E-state index is -0.0156. The number of hydrogen-bond acceptors (Lipinski definition) is 2. The van der Waals surface area contributed by atoms with Gasteiger partial charge in [0.25, 0.3) is 0 Å². The van der Waals surface area contributed by atoms with Gasteiger partial charge in [0.2, 0.25) is 5.91 Å². The molecule has 3 nitrogen and oxygen atoms in total. The molecule has 1 aromatic rings. The van der Waals surface area contributed by atoms with Crippen molar-refractivity contribution in [2.24, 2.45) is 5.92 Å². The summed E-state index contributed by atoms with van der Waals surface area (Å²) in [6.07, 6.45) is 0.810. The number of rotatable bonds is 3. The van der Waals surface area contributed by atoms with Crippen LogP contribution in [0.25, 0.3) is 0 Å². The fourth-order valence-electron chi connectivity index (χ4n) is 1.03. The third kappa shape index (κ3) is 2.76. The summed E-state index contributed by atoms with van der Waals surface area (Å²) < 4.78 is 0. The second-order valence-electron chi connectivity index (χ2n) is 3.35. The highest BCUT2D eigenvalue weighted by molar-refractivity contribution is 5.92. The van der Waals surface area contributed by atoms with Crippen LogP contribution in [0.15, 0.2) is 24.3 Å². The van der Waals surface area contributed by atoms with Crippen LogP contribution >= 0.6 is 0 Å². The molecule has 0 radical (unpaired) electrons. The molecule has 0 saturated carbocycles. The minimum Gasteiger partial charge on any atom is -0.508 e. The number of carbonyl (C=O) groups is 1. The molecule has 1 amide bonds. The normalized spacial score (nSPS) is 12.1. The molecule has 0 saturated heterocycles. The zero-order valence-corrected chi connectivity index (χ0v) is 8.45. The maximum absolute atomic E-state index is 11.5. The van der Waals surface area contributed by atoms with Crippen molar-refractivity contribution in [2.45, 2.75) is 20.3 Å². The van der Waals surface area contributed by atoms with E-state index in [4.69, 9.17) is 0 Å². The molecule has 1 rings (SSSR count). The van der Waals surface area contributed by atoms with Crippen molar-refractivity contribution >= 4 is 11.6 Å². The minimum absolute atomic E-state index is 0.00245. The van der Waals surface area contributed by atoms with Crippen LogP contribution in [-0.4, -0.2) is 11.0 Å².